The van der Waals surface area contributed by atoms with Crippen LogP contribution in [0.1, 0.15) is 25.7 Å². The highest BCUT2D eigenvalue weighted by molar-refractivity contribution is 7.91. The third-order valence-electron chi connectivity index (χ3n) is 2.47. The molecule has 0 aliphatic rings. The zero-order chi connectivity index (χ0) is 12.7. The van der Waals surface area contributed by atoms with E-state index in [4.69, 9.17) is 11.6 Å². The van der Waals surface area contributed by atoms with Crippen molar-refractivity contribution in [3.63, 3.8) is 0 Å². The van der Waals surface area contributed by atoms with Crippen LogP contribution in [0.4, 0.5) is 4.39 Å². The lowest BCUT2D eigenvalue weighted by Crippen LogP contribution is -2.06. The molecule has 0 bridgehead atoms. The first-order valence-corrected chi connectivity index (χ1v) is 7.79. The number of sulfone groups is 1. The van der Waals surface area contributed by atoms with Crippen molar-refractivity contribution < 1.29 is 12.8 Å². The Bertz CT molecular complexity index is 428. The van der Waals surface area contributed by atoms with Crippen LogP contribution in [-0.4, -0.2) is 20.1 Å². The first-order chi connectivity index (χ1) is 8.06. The standard InChI is InChI=1S/C12H16ClFO2S/c13-9-3-1-2-4-10-17(15,16)12-7-5-11(14)6-8-12/h5-8H,1-4,9-10H2. The predicted molar refractivity (Wildman–Crippen MR) is 67.6 cm³/mol. The second-order valence-corrected chi connectivity index (χ2v) is 6.36. The number of hydrogen-bond donors (Lipinski definition) is 0. The van der Waals surface area contributed by atoms with Crippen molar-refractivity contribution in [1.82, 2.24) is 0 Å². The Kier molecular flexibility index (Phi) is 5.92. The van der Waals surface area contributed by atoms with Gasteiger partial charge in [-0.25, -0.2) is 12.8 Å². The lowest BCUT2D eigenvalue weighted by Gasteiger charge is -2.04. The average Bonchev–Trinajstić information content (AvgIpc) is 2.29. The molecule has 0 unspecified atom stereocenters. The molecule has 0 N–H and O–H groups in total. The maximum atomic E-state index is 12.7. The molecule has 0 atom stereocenters. The molecule has 17 heavy (non-hydrogen) atoms. The van der Waals surface area contributed by atoms with Gasteiger partial charge in [0.1, 0.15) is 5.82 Å². The van der Waals surface area contributed by atoms with E-state index in [1.54, 1.807) is 0 Å². The van der Waals surface area contributed by atoms with Crippen molar-refractivity contribution >= 4 is 21.4 Å². The number of unbranched alkanes of at least 4 members (excludes halogenated alkanes) is 3. The van der Waals surface area contributed by atoms with E-state index in [2.05, 4.69) is 0 Å². The van der Waals surface area contributed by atoms with Crippen molar-refractivity contribution in [2.45, 2.75) is 30.6 Å². The largest absolute Gasteiger partial charge is 0.224 e. The fraction of sp³-hybridized carbons (Fsp3) is 0.500. The molecule has 5 heteroatoms. The van der Waals surface area contributed by atoms with Crippen LogP contribution in [0.25, 0.3) is 0 Å². The molecule has 0 amide bonds. The summed E-state index contributed by atoms with van der Waals surface area (Å²) in [5.41, 5.74) is 0. The molecule has 0 radical (unpaired) electrons. The lowest BCUT2D eigenvalue weighted by atomic mass is 10.2. The molecule has 96 valence electrons. The summed E-state index contributed by atoms with van der Waals surface area (Å²) < 4.78 is 36.3. The Morgan fingerprint density at radius 3 is 2.18 bits per heavy atom. The number of benzene rings is 1. The first kappa shape index (κ1) is 14.5. The topological polar surface area (TPSA) is 34.1 Å². The van der Waals surface area contributed by atoms with Gasteiger partial charge in [-0.3, -0.25) is 0 Å². The van der Waals surface area contributed by atoms with Crippen LogP contribution in [0.15, 0.2) is 29.2 Å². The molecule has 1 rings (SSSR count). The average molecular weight is 279 g/mol. The lowest BCUT2D eigenvalue weighted by molar-refractivity contribution is 0.588. The molecule has 1 aromatic rings. The quantitative estimate of drug-likeness (QED) is 0.435. The van der Waals surface area contributed by atoms with Gasteiger partial charge in [-0.15, -0.1) is 11.6 Å². The molecule has 0 aliphatic heterocycles. The first-order valence-electron chi connectivity index (χ1n) is 5.60. The van der Waals surface area contributed by atoms with Gasteiger partial charge >= 0.3 is 0 Å². The second kappa shape index (κ2) is 6.97. The Labute approximate surface area is 107 Å². The molecule has 0 aromatic heterocycles. The van der Waals surface area contributed by atoms with E-state index in [-0.39, 0.29) is 10.6 Å². The van der Waals surface area contributed by atoms with Crippen LogP contribution in [0.5, 0.6) is 0 Å². The van der Waals surface area contributed by atoms with Crippen molar-refractivity contribution in [2.24, 2.45) is 0 Å². The van der Waals surface area contributed by atoms with Gasteiger partial charge in [-0.2, -0.15) is 0 Å². The van der Waals surface area contributed by atoms with Crippen molar-refractivity contribution in [3.8, 4) is 0 Å². The Balaban J connectivity index is 2.48. The number of rotatable bonds is 7. The number of halogens is 2. The Hall–Kier alpha value is -0.610. The Morgan fingerprint density at radius 2 is 1.59 bits per heavy atom. The van der Waals surface area contributed by atoms with Crippen LogP contribution >= 0.6 is 11.6 Å². The molecule has 0 aliphatic carbocycles. The minimum Gasteiger partial charge on any atom is -0.224 e. The Morgan fingerprint density at radius 1 is 1.00 bits per heavy atom. The van der Waals surface area contributed by atoms with Gasteiger partial charge in [0.2, 0.25) is 0 Å². The highest BCUT2D eigenvalue weighted by atomic mass is 35.5. The van der Waals surface area contributed by atoms with Gasteiger partial charge < -0.3 is 0 Å². The molecule has 0 heterocycles. The summed E-state index contributed by atoms with van der Waals surface area (Å²) >= 11 is 5.53. The summed E-state index contributed by atoms with van der Waals surface area (Å²) in [7, 11) is -3.26. The zero-order valence-electron chi connectivity index (χ0n) is 9.53. The summed E-state index contributed by atoms with van der Waals surface area (Å²) in [6, 6.07) is 4.95. The fourth-order valence-corrected chi connectivity index (χ4v) is 3.06. The maximum absolute atomic E-state index is 12.7. The number of hydrogen-bond acceptors (Lipinski definition) is 2. The molecule has 2 nitrogen and oxygen atoms in total. The SMILES string of the molecule is O=S(=O)(CCCCCCCl)c1ccc(F)cc1. The van der Waals surface area contributed by atoms with Crippen molar-refractivity contribution in [2.75, 3.05) is 11.6 Å². The van der Waals surface area contributed by atoms with E-state index in [9.17, 15) is 12.8 Å². The maximum Gasteiger partial charge on any atom is 0.178 e. The van der Waals surface area contributed by atoms with Crippen molar-refractivity contribution in [3.05, 3.63) is 30.1 Å². The third-order valence-corrected chi connectivity index (χ3v) is 4.55. The highest BCUT2D eigenvalue weighted by Crippen LogP contribution is 2.14. The molecule has 0 fully saturated rings. The molecule has 1 aromatic carbocycles. The fourth-order valence-electron chi connectivity index (χ4n) is 1.50. The predicted octanol–water partition coefficient (Wildman–Crippen LogP) is 3.40. The van der Waals surface area contributed by atoms with Crippen LogP contribution < -0.4 is 0 Å². The minimum atomic E-state index is -3.26. The van der Waals surface area contributed by atoms with Gasteiger partial charge in [-0.05, 0) is 37.1 Å². The summed E-state index contributed by atoms with van der Waals surface area (Å²) in [6.45, 7) is 0. The summed E-state index contributed by atoms with van der Waals surface area (Å²) in [6.07, 6.45) is 3.34. The van der Waals surface area contributed by atoms with Crippen LogP contribution in [0.2, 0.25) is 0 Å². The summed E-state index contributed by atoms with van der Waals surface area (Å²) in [5, 5.41) is 0. The van der Waals surface area contributed by atoms with Crippen molar-refractivity contribution in [1.29, 1.82) is 0 Å². The molecule has 0 saturated carbocycles. The van der Waals surface area contributed by atoms with Gasteiger partial charge in [0.05, 0.1) is 10.6 Å². The second-order valence-electron chi connectivity index (χ2n) is 3.88. The normalized spacial score (nSPS) is 11.6. The summed E-state index contributed by atoms with van der Waals surface area (Å²) in [4.78, 5) is 0.191. The molecular formula is C12H16ClFO2S. The summed E-state index contributed by atoms with van der Waals surface area (Å²) in [5.74, 6) is 0.303. The van der Waals surface area contributed by atoms with Gasteiger partial charge in [-0.1, -0.05) is 12.8 Å². The van der Waals surface area contributed by atoms with Gasteiger partial charge in [0, 0.05) is 5.88 Å². The molecular weight excluding hydrogens is 263 g/mol. The van der Waals surface area contributed by atoms with Crippen LogP contribution in [-0.2, 0) is 9.84 Å². The molecule has 0 saturated heterocycles. The van der Waals surface area contributed by atoms with E-state index >= 15 is 0 Å². The van der Waals surface area contributed by atoms with E-state index in [1.807, 2.05) is 0 Å². The monoisotopic (exact) mass is 278 g/mol. The third kappa shape index (κ3) is 5.04. The number of alkyl halides is 1. The van der Waals surface area contributed by atoms with E-state index in [1.165, 1.54) is 24.3 Å². The van der Waals surface area contributed by atoms with Crippen LogP contribution in [0, 0.1) is 5.82 Å². The van der Waals surface area contributed by atoms with Gasteiger partial charge in [0.25, 0.3) is 0 Å². The smallest absolute Gasteiger partial charge is 0.178 e. The van der Waals surface area contributed by atoms with E-state index in [0.29, 0.717) is 12.3 Å². The zero-order valence-corrected chi connectivity index (χ0v) is 11.1. The van der Waals surface area contributed by atoms with Crippen LogP contribution in [0.3, 0.4) is 0 Å². The van der Waals surface area contributed by atoms with E-state index < -0.39 is 15.7 Å². The van der Waals surface area contributed by atoms with E-state index in [0.717, 1.165) is 19.3 Å². The van der Waals surface area contributed by atoms with Gasteiger partial charge in [0.15, 0.2) is 9.84 Å². The molecule has 0 spiro atoms. The highest BCUT2D eigenvalue weighted by Gasteiger charge is 2.13. The minimum absolute atomic E-state index is 0.112.